The molecule has 0 aliphatic carbocycles. The molecule has 0 saturated carbocycles. The molecule has 5 heterocycles. The molecule has 2 aliphatic heterocycles. The summed E-state index contributed by atoms with van der Waals surface area (Å²) in [5, 5.41) is 28.9. The van der Waals surface area contributed by atoms with Gasteiger partial charge in [0, 0.05) is 45.2 Å². The average molecular weight is 1180 g/mol. The molecule has 25 heteroatoms. The van der Waals surface area contributed by atoms with E-state index in [1.807, 2.05) is 12.1 Å². The summed E-state index contributed by atoms with van der Waals surface area (Å²) in [6.07, 6.45) is -13.4. The Morgan fingerprint density at radius 3 is 1.14 bits per heavy atom. The number of carbonyl (C=O) groups is 4. The standard InChI is InChI=1S/C22H12F3N3O3.C21H14F3N2O4.C14H10F3N3O.3CH4/c23-22(24,25)31-19-8-4-3-5-15(19)14-10-9-13(27-18(14)11-26)12-28-20(29)16-6-1-2-7-17(16)21(28)30;22-21(23,24)30-18-8-4-3-5-15(18)13-9-10-14(26(29)11-13)12-25-19(27)16-6-1-2-7-17(16)20(25)28;15-14(16,17)21-13-4-2-1-3-11(13)10-6-5-9(7-18)20-12(10)8-19;;;/h1-10H,12H2;1-11,29H,12H2;1-6H,7,18H2;3*1H4/q;+1;;;;. The summed E-state index contributed by atoms with van der Waals surface area (Å²) in [6, 6.07) is 41.8. The Morgan fingerprint density at radius 2 is 0.776 bits per heavy atom. The fourth-order valence-electron chi connectivity index (χ4n) is 8.42. The van der Waals surface area contributed by atoms with Gasteiger partial charge >= 0.3 is 19.1 Å². The molecule has 4 amide bonds. The Kier molecular flexibility index (Phi) is 20.7. The number of rotatable bonds is 11. The maximum absolute atomic E-state index is 12.7. The van der Waals surface area contributed by atoms with Gasteiger partial charge in [0.25, 0.3) is 29.3 Å². The number of halogens is 9. The second-order valence-electron chi connectivity index (χ2n) is 17.2. The molecule has 3 aromatic heterocycles. The molecule has 0 fully saturated rings. The summed E-state index contributed by atoms with van der Waals surface area (Å²) in [7, 11) is 0. The van der Waals surface area contributed by atoms with Gasteiger partial charge in [0.05, 0.1) is 45.7 Å². The minimum Gasteiger partial charge on any atom is -0.405 e. The van der Waals surface area contributed by atoms with Gasteiger partial charge in [-0.05, 0) is 72.8 Å². The highest BCUT2D eigenvalue weighted by atomic mass is 19.4. The molecule has 0 atom stereocenters. The van der Waals surface area contributed by atoms with Gasteiger partial charge in [-0.15, -0.1) is 39.5 Å². The van der Waals surface area contributed by atoms with E-state index in [-0.39, 0.29) is 126 Å². The molecule has 85 heavy (non-hydrogen) atoms. The second-order valence-corrected chi connectivity index (χ2v) is 17.2. The van der Waals surface area contributed by atoms with E-state index in [9.17, 15) is 69.2 Å². The Labute approximate surface area is 479 Å². The number of imide groups is 2. The first-order valence-electron chi connectivity index (χ1n) is 23.7. The highest BCUT2D eigenvalue weighted by molar-refractivity contribution is 6.22. The van der Waals surface area contributed by atoms with Crippen LogP contribution in [0.1, 0.15) is 92.2 Å². The lowest BCUT2D eigenvalue weighted by Gasteiger charge is -2.16. The number of benzene rings is 5. The quantitative estimate of drug-likeness (QED) is 0.0532. The van der Waals surface area contributed by atoms with Crippen molar-refractivity contribution >= 4 is 23.6 Å². The summed E-state index contributed by atoms with van der Waals surface area (Å²) in [6.45, 7) is -0.249. The summed E-state index contributed by atoms with van der Waals surface area (Å²) >= 11 is 0. The highest BCUT2D eigenvalue weighted by Crippen LogP contribution is 2.38. The first-order valence-corrected chi connectivity index (χ1v) is 23.7. The maximum atomic E-state index is 12.7. The molecule has 5 aromatic carbocycles. The lowest BCUT2D eigenvalue weighted by Crippen LogP contribution is -2.40. The molecule has 438 valence electrons. The van der Waals surface area contributed by atoms with Crippen LogP contribution in [-0.4, -0.2) is 67.7 Å². The second kappa shape index (κ2) is 26.9. The molecular formula is C60H48F9N8O8+. The third-order valence-electron chi connectivity index (χ3n) is 12.0. The Hall–Kier alpha value is -10.7. The molecule has 10 rings (SSSR count). The van der Waals surface area contributed by atoms with Crippen LogP contribution in [0.3, 0.4) is 0 Å². The lowest BCUT2D eigenvalue weighted by atomic mass is 10.0. The maximum Gasteiger partial charge on any atom is 0.573 e. The topological polar surface area (TPSA) is 226 Å². The number of fused-ring (bicyclic) bond motifs is 2. The zero-order valence-corrected chi connectivity index (χ0v) is 41.6. The molecule has 0 bridgehead atoms. The third-order valence-corrected chi connectivity index (χ3v) is 12.0. The van der Waals surface area contributed by atoms with Crippen molar-refractivity contribution in [2.45, 2.75) is 61.0 Å². The predicted octanol–water partition coefficient (Wildman–Crippen LogP) is 12.8. The van der Waals surface area contributed by atoms with Gasteiger partial charge in [-0.2, -0.15) is 10.5 Å². The van der Waals surface area contributed by atoms with E-state index >= 15 is 0 Å². The average Bonchev–Trinajstić information content (AvgIpc) is 2.78. The third kappa shape index (κ3) is 15.3. The van der Waals surface area contributed by atoms with E-state index in [1.165, 1.54) is 91.1 Å². The molecule has 16 nitrogen and oxygen atoms in total. The fourth-order valence-corrected chi connectivity index (χ4v) is 8.42. The van der Waals surface area contributed by atoms with Crippen LogP contribution in [0.25, 0.3) is 33.4 Å². The molecule has 0 spiro atoms. The van der Waals surface area contributed by atoms with Crippen LogP contribution in [0.2, 0.25) is 0 Å². The van der Waals surface area contributed by atoms with Crippen molar-refractivity contribution in [3.05, 3.63) is 215 Å². The van der Waals surface area contributed by atoms with Gasteiger partial charge in [0.1, 0.15) is 47.3 Å². The van der Waals surface area contributed by atoms with Crippen LogP contribution < -0.4 is 24.7 Å². The molecule has 0 saturated heterocycles. The number of hydrogen-bond acceptors (Lipinski definition) is 13. The highest BCUT2D eigenvalue weighted by Gasteiger charge is 2.39. The number of aromatic nitrogens is 3. The molecular weight excluding hydrogens is 1130 g/mol. The van der Waals surface area contributed by atoms with Crippen molar-refractivity contribution in [1.82, 2.24) is 19.8 Å². The number of carbonyl (C=O) groups excluding carboxylic acids is 4. The Bertz CT molecular complexity index is 3810. The molecule has 3 N–H and O–H groups in total. The molecule has 0 radical (unpaired) electrons. The monoisotopic (exact) mass is 1180 g/mol. The van der Waals surface area contributed by atoms with Crippen molar-refractivity contribution in [3.8, 4) is 62.8 Å². The van der Waals surface area contributed by atoms with Crippen LogP contribution in [0.5, 0.6) is 17.2 Å². The Morgan fingerprint density at radius 1 is 0.447 bits per heavy atom. The first kappa shape index (κ1) is 65.2. The number of pyridine rings is 3. The number of ether oxygens (including phenoxy) is 3. The van der Waals surface area contributed by atoms with E-state index in [1.54, 1.807) is 60.7 Å². The van der Waals surface area contributed by atoms with Crippen LogP contribution in [0.15, 0.2) is 164 Å². The summed E-state index contributed by atoms with van der Waals surface area (Å²) in [5.74, 6) is -3.20. The van der Waals surface area contributed by atoms with Crippen molar-refractivity contribution in [2.75, 3.05) is 0 Å². The van der Waals surface area contributed by atoms with Crippen molar-refractivity contribution in [1.29, 1.82) is 10.5 Å². The number of hydrogen-bond donors (Lipinski definition) is 2. The number of nitriles is 2. The minimum absolute atomic E-state index is 0. The SMILES string of the molecule is C.C.C.N#Cc1nc(CN)ccc1-c1ccccc1OC(F)(F)F.N#Cc1nc(CN2C(=O)c3ccccc3C2=O)ccc1-c1ccccc1OC(F)(F)F.O=C1c2ccccc2C(=O)N1Cc1ccc(-c2ccccc2OC(F)(F)F)c[n+]1O. The van der Waals surface area contributed by atoms with Crippen LogP contribution in [0, 0.1) is 22.7 Å². The van der Waals surface area contributed by atoms with E-state index in [0.29, 0.717) is 10.4 Å². The van der Waals surface area contributed by atoms with E-state index in [4.69, 9.17) is 11.0 Å². The number of alkyl halides is 9. The Balaban J connectivity index is 0.000000233. The smallest absolute Gasteiger partial charge is 0.405 e. The van der Waals surface area contributed by atoms with E-state index in [2.05, 4.69) is 24.2 Å². The summed E-state index contributed by atoms with van der Waals surface area (Å²) < 4.78 is 126. The van der Waals surface area contributed by atoms with Gasteiger partial charge in [0.15, 0.2) is 0 Å². The van der Waals surface area contributed by atoms with Crippen LogP contribution in [0.4, 0.5) is 39.5 Å². The van der Waals surface area contributed by atoms with Gasteiger partial charge in [-0.3, -0.25) is 34.2 Å². The number of amides is 4. The van der Waals surface area contributed by atoms with E-state index < -0.39 is 54.2 Å². The van der Waals surface area contributed by atoms with Gasteiger partial charge in [0.2, 0.25) is 6.20 Å². The summed E-state index contributed by atoms with van der Waals surface area (Å²) in [5.41, 5.74) is 8.24. The van der Waals surface area contributed by atoms with Gasteiger partial charge in [-0.1, -0.05) is 101 Å². The fraction of sp³-hybridized carbons (Fsp3) is 0.150. The normalized spacial score (nSPS) is 12.3. The zero-order valence-electron chi connectivity index (χ0n) is 41.6. The number of nitrogens with two attached hydrogens (primary N) is 1. The lowest BCUT2D eigenvalue weighted by molar-refractivity contribution is -0.909. The van der Waals surface area contributed by atoms with E-state index in [0.717, 1.165) is 21.9 Å². The zero-order chi connectivity index (χ0) is 59.1. The minimum atomic E-state index is -4.90. The largest absolute Gasteiger partial charge is 0.573 e. The first-order chi connectivity index (χ1) is 39.0. The van der Waals surface area contributed by atoms with Crippen LogP contribution in [-0.2, 0) is 19.6 Å². The molecule has 8 aromatic rings. The van der Waals surface area contributed by atoms with Crippen molar-refractivity contribution in [3.63, 3.8) is 0 Å². The predicted molar refractivity (Wildman–Crippen MR) is 287 cm³/mol. The van der Waals surface area contributed by atoms with Gasteiger partial charge < -0.3 is 19.9 Å². The van der Waals surface area contributed by atoms with Gasteiger partial charge in [-0.25, -0.2) is 9.97 Å². The van der Waals surface area contributed by atoms with Crippen LogP contribution >= 0.6 is 0 Å². The molecule has 0 unspecified atom stereocenters. The van der Waals surface area contributed by atoms with Crippen molar-refractivity contribution < 1.29 is 82.8 Å². The molecule has 2 aliphatic rings. The number of nitrogens with zero attached hydrogens (tertiary/aromatic N) is 7. The van der Waals surface area contributed by atoms with Crippen molar-refractivity contribution in [2.24, 2.45) is 5.73 Å². The number of para-hydroxylation sites is 3. The summed E-state index contributed by atoms with van der Waals surface area (Å²) in [4.78, 5) is 60.2.